The molecule has 2 aromatic rings. The van der Waals surface area contributed by atoms with E-state index in [0.29, 0.717) is 22.1 Å². The van der Waals surface area contributed by atoms with Crippen LogP contribution in [-0.2, 0) is 14.4 Å². The summed E-state index contributed by atoms with van der Waals surface area (Å²) in [6.45, 7) is -0.218. The smallest absolute Gasteiger partial charge is 0.263 e. The van der Waals surface area contributed by atoms with Crippen LogP contribution >= 0.6 is 11.6 Å². The molecule has 0 aliphatic carbocycles. The number of halogens is 1. The Bertz CT molecular complexity index is 993. The standard InChI is InChI=1S/C19H16ClN5O4/c1-29-14-8-4-12(5-9-14)21-15(26)10-24-17-16(22-23-24)18(27)25(19(17)28)13-6-2-11(20)3-7-13/h2-9,16-17H,10H2,1H3,(H,21,26)/t16-,17-/m0/s1. The van der Waals surface area contributed by atoms with E-state index in [1.807, 2.05) is 0 Å². The van der Waals surface area contributed by atoms with E-state index in [4.69, 9.17) is 16.3 Å². The number of anilines is 2. The highest BCUT2D eigenvalue weighted by Gasteiger charge is 2.55. The molecule has 2 aromatic carbocycles. The maximum atomic E-state index is 12.9. The maximum Gasteiger partial charge on any atom is 0.263 e. The molecule has 3 amide bonds. The fourth-order valence-electron chi connectivity index (χ4n) is 3.22. The van der Waals surface area contributed by atoms with Gasteiger partial charge in [-0.1, -0.05) is 16.8 Å². The van der Waals surface area contributed by atoms with Gasteiger partial charge >= 0.3 is 0 Å². The van der Waals surface area contributed by atoms with Crippen molar-refractivity contribution in [3.8, 4) is 5.75 Å². The second-order valence-electron chi connectivity index (χ2n) is 6.46. The molecule has 4 rings (SSSR count). The Morgan fingerprint density at radius 3 is 2.45 bits per heavy atom. The van der Waals surface area contributed by atoms with Gasteiger partial charge in [-0.15, -0.1) is 0 Å². The summed E-state index contributed by atoms with van der Waals surface area (Å²) in [5.41, 5.74) is 0.969. The monoisotopic (exact) mass is 413 g/mol. The molecule has 0 aromatic heterocycles. The molecule has 0 spiro atoms. The second-order valence-corrected chi connectivity index (χ2v) is 6.89. The van der Waals surface area contributed by atoms with Crippen LogP contribution in [0.1, 0.15) is 0 Å². The molecule has 1 N–H and O–H groups in total. The van der Waals surface area contributed by atoms with Gasteiger partial charge in [-0.25, -0.2) is 4.90 Å². The van der Waals surface area contributed by atoms with Gasteiger partial charge in [0.2, 0.25) is 5.91 Å². The SMILES string of the molecule is COc1ccc(NC(=O)CN2N=N[C@@H]3C(=O)N(c4ccc(Cl)cc4)C(=O)[C@H]32)cc1. The number of carbonyl (C=O) groups excluding carboxylic acids is 3. The van der Waals surface area contributed by atoms with Crippen molar-refractivity contribution in [3.05, 3.63) is 53.6 Å². The summed E-state index contributed by atoms with van der Waals surface area (Å²) >= 11 is 5.87. The number of nitrogens with zero attached hydrogens (tertiary/aromatic N) is 4. The van der Waals surface area contributed by atoms with Crippen molar-refractivity contribution in [1.29, 1.82) is 0 Å². The van der Waals surface area contributed by atoms with E-state index >= 15 is 0 Å². The lowest BCUT2D eigenvalue weighted by Crippen LogP contribution is -2.43. The number of methoxy groups -OCH3 is 1. The first-order valence-corrected chi connectivity index (χ1v) is 9.10. The van der Waals surface area contributed by atoms with Crippen LogP contribution in [0.2, 0.25) is 5.02 Å². The fraction of sp³-hybridized carbons (Fsp3) is 0.211. The van der Waals surface area contributed by atoms with Crippen molar-refractivity contribution in [2.45, 2.75) is 12.1 Å². The van der Waals surface area contributed by atoms with Crippen molar-refractivity contribution in [2.75, 3.05) is 23.9 Å². The van der Waals surface area contributed by atoms with Crippen LogP contribution in [0.15, 0.2) is 58.9 Å². The third-order valence-corrected chi connectivity index (χ3v) is 4.87. The lowest BCUT2D eigenvalue weighted by atomic mass is 10.1. The minimum absolute atomic E-state index is 0.218. The van der Waals surface area contributed by atoms with Gasteiger partial charge in [0.05, 0.1) is 12.8 Å². The summed E-state index contributed by atoms with van der Waals surface area (Å²) in [5, 5.41) is 12.2. The zero-order chi connectivity index (χ0) is 20.5. The average molecular weight is 414 g/mol. The molecule has 9 nitrogen and oxygen atoms in total. The molecule has 2 aliphatic rings. The lowest BCUT2D eigenvalue weighted by Gasteiger charge is -2.20. The van der Waals surface area contributed by atoms with Crippen LogP contribution < -0.4 is 15.0 Å². The summed E-state index contributed by atoms with van der Waals surface area (Å²) in [6, 6.07) is 11.2. The number of rotatable bonds is 5. The second kappa shape index (κ2) is 7.51. The molecule has 0 bridgehead atoms. The lowest BCUT2D eigenvalue weighted by molar-refractivity contribution is -0.123. The molecule has 1 fully saturated rings. The number of fused-ring (bicyclic) bond motifs is 1. The molecule has 0 unspecified atom stereocenters. The average Bonchev–Trinajstić information content (AvgIpc) is 3.23. The molecular formula is C19H16ClN5O4. The summed E-state index contributed by atoms with van der Waals surface area (Å²) < 4.78 is 5.07. The highest BCUT2D eigenvalue weighted by atomic mass is 35.5. The van der Waals surface area contributed by atoms with Crippen molar-refractivity contribution < 1.29 is 19.1 Å². The number of benzene rings is 2. The highest BCUT2D eigenvalue weighted by Crippen LogP contribution is 2.32. The highest BCUT2D eigenvalue weighted by molar-refractivity contribution is 6.31. The molecule has 29 heavy (non-hydrogen) atoms. The van der Waals surface area contributed by atoms with Gasteiger partial charge in [0, 0.05) is 10.7 Å². The number of carbonyl (C=O) groups is 3. The molecule has 0 radical (unpaired) electrons. The normalized spacial score (nSPS) is 20.2. The van der Waals surface area contributed by atoms with Crippen molar-refractivity contribution in [2.24, 2.45) is 10.3 Å². The zero-order valence-electron chi connectivity index (χ0n) is 15.3. The van der Waals surface area contributed by atoms with Crippen LogP contribution in [0, 0.1) is 0 Å². The molecule has 2 heterocycles. The van der Waals surface area contributed by atoms with Gasteiger partial charge in [0.25, 0.3) is 11.8 Å². The minimum atomic E-state index is -0.966. The van der Waals surface area contributed by atoms with Gasteiger partial charge in [0.15, 0.2) is 12.1 Å². The Kier molecular flexibility index (Phi) is 4.89. The molecule has 1 saturated heterocycles. The Balaban J connectivity index is 1.45. The number of amides is 3. The van der Waals surface area contributed by atoms with E-state index in [1.54, 1.807) is 55.6 Å². The van der Waals surface area contributed by atoms with Gasteiger partial charge in [0.1, 0.15) is 12.3 Å². The molecule has 2 aliphatic heterocycles. The Labute approximate surface area is 170 Å². The summed E-state index contributed by atoms with van der Waals surface area (Å²) in [6.07, 6.45) is 0. The molecule has 10 heteroatoms. The topological polar surface area (TPSA) is 104 Å². The van der Waals surface area contributed by atoms with Crippen LogP contribution in [-0.4, -0.2) is 48.5 Å². The Morgan fingerprint density at radius 1 is 1.10 bits per heavy atom. The van der Waals surface area contributed by atoms with Crippen molar-refractivity contribution in [1.82, 2.24) is 5.01 Å². The van der Waals surface area contributed by atoms with E-state index in [-0.39, 0.29) is 12.5 Å². The van der Waals surface area contributed by atoms with Crippen LogP contribution in [0.3, 0.4) is 0 Å². The van der Waals surface area contributed by atoms with E-state index in [9.17, 15) is 14.4 Å². The number of hydrogen-bond acceptors (Lipinski definition) is 7. The summed E-state index contributed by atoms with van der Waals surface area (Å²) in [4.78, 5) is 38.9. The third-order valence-electron chi connectivity index (χ3n) is 4.62. The third kappa shape index (κ3) is 3.52. The largest absolute Gasteiger partial charge is 0.497 e. The Morgan fingerprint density at radius 2 is 1.79 bits per heavy atom. The quantitative estimate of drug-likeness (QED) is 0.757. The van der Waals surface area contributed by atoms with Crippen molar-refractivity contribution in [3.63, 3.8) is 0 Å². The van der Waals surface area contributed by atoms with Gasteiger partial charge < -0.3 is 10.1 Å². The summed E-state index contributed by atoms with van der Waals surface area (Å²) in [7, 11) is 1.55. The first-order valence-electron chi connectivity index (χ1n) is 8.72. The zero-order valence-corrected chi connectivity index (χ0v) is 16.0. The molecule has 148 valence electrons. The molecule has 0 saturated carbocycles. The fourth-order valence-corrected chi connectivity index (χ4v) is 3.35. The number of nitrogens with one attached hydrogen (secondary N) is 1. The van der Waals surface area contributed by atoms with Crippen molar-refractivity contribution >= 4 is 40.7 Å². The van der Waals surface area contributed by atoms with E-state index in [1.165, 1.54) is 5.01 Å². The molecular weight excluding hydrogens is 398 g/mol. The van der Waals surface area contributed by atoms with Crippen LogP contribution in [0.5, 0.6) is 5.75 Å². The van der Waals surface area contributed by atoms with Gasteiger partial charge in [-0.2, -0.15) is 5.11 Å². The predicted molar refractivity (Wildman–Crippen MR) is 105 cm³/mol. The van der Waals surface area contributed by atoms with Gasteiger partial charge in [-0.3, -0.25) is 19.4 Å². The number of hydrogen-bond donors (Lipinski definition) is 1. The molecule has 2 atom stereocenters. The minimum Gasteiger partial charge on any atom is -0.497 e. The maximum absolute atomic E-state index is 12.9. The first kappa shape index (κ1) is 18.9. The number of imide groups is 1. The van der Waals surface area contributed by atoms with Crippen LogP contribution in [0.4, 0.5) is 11.4 Å². The van der Waals surface area contributed by atoms with Gasteiger partial charge in [-0.05, 0) is 48.5 Å². The van der Waals surface area contributed by atoms with E-state index in [2.05, 4.69) is 15.7 Å². The summed E-state index contributed by atoms with van der Waals surface area (Å²) in [5.74, 6) is -0.690. The predicted octanol–water partition coefficient (Wildman–Crippen LogP) is 2.28. The van der Waals surface area contributed by atoms with E-state index in [0.717, 1.165) is 4.90 Å². The van der Waals surface area contributed by atoms with E-state index < -0.39 is 23.9 Å². The van der Waals surface area contributed by atoms with Crippen LogP contribution in [0.25, 0.3) is 0 Å². The Hall–Kier alpha value is -3.46. The first-order chi connectivity index (χ1) is 14.0. The number of ether oxygens (including phenoxy) is 1.